The zero-order valence-electron chi connectivity index (χ0n) is 17.7. The standard InChI is InChI=1S/C21H31N3O5/c1-5-23(6-2)21(27)15-9-11-24(12-10-15)19(25)14-22-20(26)16-7-8-17(28-3)18(13-16)29-4/h7-8,13,15H,5-6,9-12,14H2,1-4H3,(H,22,26). The number of nitrogens with one attached hydrogen (secondary N) is 1. The van der Waals surface area contributed by atoms with Gasteiger partial charge in [-0.1, -0.05) is 0 Å². The molecule has 1 fully saturated rings. The van der Waals surface area contributed by atoms with Crippen molar-refractivity contribution in [3.8, 4) is 11.5 Å². The zero-order valence-corrected chi connectivity index (χ0v) is 17.7. The van der Waals surface area contributed by atoms with Gasteiger partial charge in [-0.15, -0.1) is 0 Å². The van der Waals surface area contributed by atoms with Crippen LogP contribution in [0.25, 0.3) is 0 Å². The highest BCUT2D eigenvalue weighted by Crippen LogP contribution is 2.27. The number of methoxy groups -OCH3 is 2. The van der Waals surface area contributed by atoms with E-state index in [-0.39, 0.29) is 30.2 Å². The van der Waals surface area contributed by atoms with Gasteiger partial charge in [-0.2, -0.15) is 0 Å². The van der Waals surface area contributed by atoms with E-state index in [0.29, 0.717) is 56.1 Å². The Kier molecular flexibility index (Phi) is 8.30. The number of likely N-dealkylation sites (tertiary alicyclic amines) is 1. The smallest absolute Gasteiger partial charge is 0.251 e. The van der Waals surface area contributed by atoms with Crippen molar-refractivity contribution in [2.24, 2.45) is 5.92 Å². The highest BCUT2D eigenvalue weighted by Gasteiger charge is 2.29. The third-order valence-electron chi connectivity index (χ3n) is 5.32. The average molecular weight is 405 g/mol. The molecule has 1 aliphatic heterocycles. The first kappa shape index (κ1) is 22.5. The maximum Gasteiger partial charge on any atom is 0.251 e. The number of carbonyl (C=O) groups is 3. The number of hydrogen-bond donors (Lipinski definition) is 1. The van der Waals surface area contributed by atoms with Gasteiger partial charge in [0.05, 0.1) is 20.8 Å². The van der Waals surface area contributed by atoms with E-state index in [0.717, 1.165) is 0 Å². The van der Waals surface area contributed by atoms with Crippen molar-refractivity contribution < 1.29 is 23.9 Å². The Morgan fingerprint density at radius 2 is 1.69 bits per heavy atom. The molecule has 1 heterocycles. The normalized spacial score (nSPS) is 14.3. The van der Waals surface area contributed by atoms with E-state index in [1.165, 1.54) is 14.2 Å². The molecule has 8 nitrogen and oxygen atoms in total. The first-order chi connectivity index (χ1) is 13.9. The van der Waals surface area contributed by atoms with Gasteiger partial charge in [0, 0.05) is 37.7 Å². The van der Waals surface area contributed by atoms with Crippen molar-refractivity contribution in [1.29, 1.82) is 0 Å². The summed E-state index contributed by atoms with van der Waals surface area (Å²) in [6.45, 7) is 6.34. The van der Waals surface area contributed by atoms with E-state index in [4.69, 9.17) is 9.47 Å². The fourth-order valence-corrected chi connectivity index (χ4v) is 3.52. The Bertz CT molecular complexity index is 725. The van der Waals surface area contributed by atoms with Crippen molar-refractivity contribution in [1.82, 2.24) is 15.1 Å². The lowest BCUT2D eigenvalue weighted by Crippen LogP contribution is -2.47. The Morgan fingerprint density at radius 3 is 2.24 bits per heavy atom. The van der Waals surface area contributed by atoms with Gasteiger partial charge < -0.3 is 24.6 Å². The predicted molar refractivity (Wildman–Crippen MR) is 109 cm³/mol. The van der Waals surface area contributed by atoms with Crippen molar-refractivity contribution in [3.05, 3.63) is 23.8 Å². The van der Waals surface area contributed by atoms with Crippen LogP contribution < -0.4 is 14.8 Å². The van der Waals surface area contributed by atoms with E-state index in [1.54, 1.807) is 23.1 Å². The van der Waals surface area contributed by atoms with Crippen LogP contribution >= 0.6 is 0 Å². The summed E-state index contributed by atoms with van der Waals surface area (Å²) in [5, 5.41) is 2.65. The Balaban J connectivity index is 1.84. The summed E-state index contributed by atoms with van der Waals surface area (Å²) in [5.74, 6) is 0.622. The third-order valence-corrected chi connectivity index (χ3v) is 5.32. The minimum Gasteiger partial charge on any atom is -0.493 e. The number of amides is 3. The Labute approximate surface area is 172 Å². The van der Waals surface area contributed by atoms with Gasteiger partial charge >= 0.3 is 0 Å². The van der Waals surface area contributed by atoms with Crippen LogP contribution in [0.5, 0.6) is 11.5 Å². The van der Waals surface area contributed by atoms with Crippen LogP contribution in [0.1, 0.15) is 37.0 Å². The molecule has 0 spiro atoms. The molecule has 2 rings (SSSR count). The summed E-state index contributed by atoms with van der Waals surface area (Å²) >= 11 is 0. The van der Waals surface area contributed by atoms with Gasteiger partial charge in [0.2, 0.25) is 11.8 Å². The van der Waals surface area contributed by atoms with E-state index < -0.39 is 0 Å². The first-order valence-electron chi connectivity index (χ1n) is 10.0. The topological polar surface area (TPSA) is 88.2 Å². The predicted octanol–water partition coefficient (Wildman–Crippen LogP) is 1.54. The Hall–Kier alpha value is -2.77. The van der Waals surface area contributed by atoms with Gasteiger partial charge in [0.25, 0.3) is 5.91 Å². The lowest BCUT2D eigenvalue weighted by atomic mass is 9.95. The number of benzene rings is 1. The summed E-state index contributed by atoms with van der Waals surface area (Å²) in [4.78, 5) is 40.8. The fourth-order valence-electron chi connectivity index (χ4n) is 3.52. The second kappa shape index (κ2) is 10.7. The summed E-state index contributed by atoms with van der Waals surface area (Å²) in [5.41, 5.74) is 0.388. The molecule has 1 aromatic rings. The molecular formula is C21H31N3O5. The Morgan fingerprint density at radius 1 is 1.07 bits per heavy atom. The molecule has 29 heavy (non-hydrogen) atoms. The SMILES string of the molecule is CCN(CC)C(=O)C1CCN(C(=O)CNC(=O)c2ccc(OC)c(OC)c2)CC1. The zero-order chi connectivity index (χ0) is 21.4. The number of ether oxygens (including phenoxy) is 2. The van der Waals surface area contributed by atoms with E-state index in [2.05, 4.69) is 5.32 Å². The second-order valence-corrected chi connectivity index (χ2v) is 6.92. The summed E-state index contributed by atoms with van der Waals surface area (Å²) in [6, 6.07) is 4.84. The number of nitrogens with zero attached hydrogens (tertiary/aromatic N) is 2. The molecule has 8 heteroatoms. The van der Waals surface area contributed by atoms with Gasteiger partial charge in [0.15, 0.2) is 11.5 Å². The molecule has 1 aromatic carbocycles. The minimum atomic E-state index is -0.356. The maximum atomic E-state index is 12.5. The average Bonchev–Trinajstić information content (AvgIpc) is 2.77. The number of rotatable bonds is 8. The number of hydrogen-bond acceptors (Lipinski definition) is 5. The summed E-state index contributed by atoms with van der Waals surface area (Å²) < 4.78 is 10.4. The van der Waals surface area contributed by atoms with Crippen LogP contribution in [0.2, 0.25) is 0 Å². The van der Waals surface area contributed by atoms with Gasteiger partial charge in [-0.05, 0) is 44.9 Å². The molecule has 1 saturated heterocycles. The van der Waals surface area contributed by atoms with Gasteiger partial charge in [-0.25, -0.2) is 0 Å². The molecular weight excluding hydrogens is 374 g/mol. The summed E-state index contributed by atoms with van der Waals surface area (Å²) in [6.07, 6.45) is 1.31. The van der Waals surface area contributed by atoms with Crippen molar-refractivity contribution >= 4 is 17.7 Å². The monoisotopic (exact) mass is 405 g/mol. The minimum absolute atomic E-state index is 0.0275. The fraction of sp³-hybridized carbons (Fsp3) is 0.571. The van der Waals surface area contributed by atoms with Gasteiger partial charge in [-0.3, -0.25) is 14.4 Å². The molecule has 0 saturated carbocycles. The highest BCUT2D eigenvalue weighted by molar-refractivity contribution is 5.97. The van der Waals surface area contributed by atoms with E-state index in [9.17, 15) is 14.4 Å². The van der Waals surface area contributed by atoms with Crippen LogP contribution in [0.3, 0.4) is 0 Å². The molecule has 1 aliphatic rings. The molecule has 0 aliphatic carbocycles. The lowest BCUT2D eigenvalue weighted by molar-refractivity contribution is -0.140. The largest absolute Gasteiger partial charge is 0.493 e. The molecule has 1 N–H and O–H groups in total. The molecule has 0 radical (unpaired) electrons. The molecule has 0 aromatic heterocycles. The van der Waals surface area contributed by atoms with Crippen LogP contribution in [0, 0.1) is 5.92 Å². The third kappa shape index (κ3) is 5.62. The number of carbonyl (C=O) groups excluding carboxylic acids is 3. The number of piperidine rings is 1. The molecule has 0 unspecified atom stereocenters. The van der Waals surface area contributed by atoms with Crippen LogP contribution in [-0.4, -0.2) is 74.5 Å². The van der Waals surface area contributed by atoms with Crippen molar-refractivity contribution in [2.75, 3.05) is 46.9 Å². The second-order valence-electron chi connectivity index (χ2n) is 6.92. The van der Waals surface area contributed by atoms with Crippen molar-refractivity contribution in [3.63, 3.8) is 0 Å². The maximum absolute atomic E-state index is 12.5. The van der Waals surface area contributed by atoms with Crippen LogP contribution in [0.15, 0.2) is 18.2 Å². The van der Waals surface area contributed by atoms with Crippen LogP contribution in [0.4, 0.5) is 0 Å². The van der Waals surface area contributed by atoms with E-state index >= 15 is 0 Å². The molecule has 3 amide bonds. The first-order valence-corrected chi connectivity index (χ1v) is 10.0. The quantitative estimate of drug-likeness (QED) is 0.709. The van der Waals surface area contributed by atoms with Crippen molar-refractivity contribution in [2.45, 2.75) is 26.7 Å². The lowest BCUT2D eigenvalue weighted by Gasteiger charge is -2.33. The molecule has 0 atom stereocenters. The highest BCUT2D eigenvalue weighted by atomic mass is 16.5. The molecule has 160 valence electrons. The van der Waals surface area contributed by atoms with E-state index in [1.807, 2.05) is 18.7 Å². The van der Waals surface area contributed by atoms with Crippen LogP contribution in [-0.2, 0) is 9.59 Å². The summed E-state index contributed by atoms with van der Waals surface area (Å²) in [7, 11) is 3.02. The van der Waals surface area contributed by atoms with Gasteiger partial charge in [0.1, 0.15) is 0 Å². The molecule has 0 bridgehead atoms.